The Morgan fingerprint density at radius 1 is 1.05 bits per heavy atom. The number of unbranched alkanes of at least 4 members (excludes halogenated alkanes) is 2. The van der Waals surface area contributed by atoms with Crippen molar-refractivity contribution in [3.8, 4) is 0 Å². The van der Waals surface area contributed by atoms with Gasteiger partial charge in [-0.3, -0.25) is 0 Å². The maximum absolute atomic E-state index is 5.91. The van der Waals surface area contributed by atoms with Crippen molar-refractivity contribution in [2.24, 2.45) is 0 Å². The van der Waals surface area contributed by atoms with Gasteiger partial charge in [-0.25, -0.2) is 0 Å². The molecule has 19 heavy (non-hydrogen) atoms. The number of hydrogen-bond donors (Lipinski definition) is 1. The molecule has 1 heterocycles. The number of benzene rings is 1. The molecular weight excluding hydrogens is 274 g/mol. The largest absolute Gasteiger partial charge is 0.380 e. The summed E-state index contributed by atoms with van der Waals surface area (Å²) in [6.07, 6.45) is 5.08. The standard InChI is InChI=1S/C16H20ClNS/c1-2-3-4-5-13-6-8-14(9-7-13)18-12-15-10-11-16(17)19-15/h6-11,18H,2-5,12H2,1H3. The van der Waals surface area contributed by atoms with Crippen molar-refractivity contribution in [1.29, 1.82) is 0 Å². The van der Waals surface area contributed by atoms with E-state index in [1.54, 1.807) is 11.3 Å². The summed E-state index contributed by atoms with van der Waals surface area (Å²) in [6, 6.07) is 12.8. The van der Waals surface area contributed by atoms with Gasteiger partial charge in [-0.05, 0) is 42.7 Å². The van der Waals surface area contributed by atoms with E-state index in [2.05, 4.69) is 42.6 Å². The molecule has 0 radical (unpaired) electrons. The predicted molar refractivity (Wildman–Crippen MR) is 86.3 cm³/mol. The number of nitrogens with one attached hydrogen (secondary N) is 1. The molecule has 0 saturated heterocycles. The molecule has 1 nitrogen and oxygen atoms in total. The van der Waals surface area contributed by atoms with Crippen LogP contribution in [0.2, 0.25) is 4.34 Å². The lowest BCUT2D eigenvalue weighted by Crippen LogP contribution is -1.97. The first kappa shape index (κ1) is 14.4. The lowest BCUT2D eigenvalue weighted by Gasteiger charge is -2.06. The molecule has 0 aliphatic heterocycles. The van der Waals surface area contributed by atoms with Crippen molar-refractivity contribution >= 4 is 28.6 Å². The van der Waals surface area contributed by atoms with E-state index in [0.29, 0.717) is 0 Å². The minimum Gasteiger partial charge on any atom is -0.380 e. The fourth-order valence-electron chi connectivity index (χ4n) is 2.00. The Morgan fingerprint density at radius 3 is 2.47 bits per heavy atom. The van der Waals surface area contributed by atoms with Crippen LogP contribution >= 0.6 is 22.9 Å². The van der Waals surface area contributed by atoms with Gasteiger partial charge in [-0.2, -0.15) is 0 Å². The van der Waals surface area contributed by atoms with E-state index in [1.165, 1.54) is 41.8 Å². The SMILES string of the molecule is CCCCCc1ccc(NCc2ccc(Cl)s2)cc1. The van der Waals surface area contributed by atoms with Crippen LogP contribution in [0.15, 0.2) is 36.4 Å². The van der Waals surface area contributed by atoms with Crippen molar-refractivity contribution in [3.63, 3.8) is 0 Å². The third-order valence-electron chi connectivity index (χ3n) is 3.12. The highest BCUT2D eigenvalue weighted by molar-refractivity contribution is 7.16. The third-order valence-corrected chi connectivity index (χ3v) is 4.35. The average Bonchev–Trinajstić information content (AvgIpc) is 2.84. The minimum atomic E-state index is 0.840. The number of halogens is 1. The summed E-state index contributed by atoms with van der Waals surface area (Å²) in [6.45, 7) is 3.08. The molecule has 0 bridgehead atoms. The smallest absolute Gasteiger partial charge is 0.0931 e. The third kappa shape index (κ3) is 4.88. The van der Waals surface area contributed by atoms with Gasteiger partial charge in [0, 0.05) is 17.1 Å². The van der Waals surface area contributed by atoms with Gasteiger partial charge < -0.3 is 5.32 Å². The van der Waals surface area contributed by atoms with Crippen LogP contribution in [0.3, 0.4) is 0 Å². The van der Waals surface area contributed by atoms with E-state index < -0.39 is 0 Å². The molecule has 2 rings (SSSR count). The zero-order valence-electron chi connectivity index (χ0n) is 11.3. The molecule has 0 atom stereocenters. The zero-order chi connectivity index (χ0) is 13.5. The highest BCUT2D eigenvalue weighted by Gasteiger charge is 1.99. The second-order valence-electron chi connectivity index (χ2n) is 4.71. The Labute approximate surface area is 124 Å². The van der Waals surface area contributed by atoms with Crippen molar-refractivity contribution in [2.75, 3.05) is 5.32 Å². The Kier molecular flexibility index (Phi) is 5.74. The average molecular weight is 294 g/mol. The monoisotopic (exact) mass is 293 g/mol. The summed E-state index contributed by atoms with van der Waals surface area (Å²) in [5.41, 5.74) is 2.60. The normalized spacial score (nSPS) is 10.6. The Balaban J connectivity index is 1.81. The molecule has 0 spiro atoms. The molecule has 3 heteroatoms. The van der Waals surface area contributed by atoms with E-state index in [0.717, 1.165) is 10.9 Å². The number of hydrogen-bond acceptors (Lipinski definition) is 2. The van der Waals surface area contributed by atoms with Gasteiger partial charge in [0.2, 0.25) is 0 Å². The second-order valence-corrected chi connectivity index (χ2v) is 6.51. The summed E-state index contributed by atoms with van der Waals surface area (Å²) in [5, 5.41) is 3.42. The predicted octanol–water partition coefficient (Wildman–Crippen LogP) is 5.75. The summed E-state index contributed by atoms with van der Waals surface area (Å²) in [7, 11) is 0. The van der Waals surface area contributed by atoms with Gasteiger partial charge in [0.05, 0.1) is 4.34 Å². The van der Waals surface area contributed by atoms with E-state index in [4.69, 9.17) is 11.6 Å². The quantitative estimate of drug-likeness (QED) is 0.641. The van der Waals surface area contributed by atoms with E-state index in [1.807, 2.05) is 6.07 Å². The Bertz CT molecular complexity index is 490. The maximum atomic E-state index is 5.91. The second kappa shape index (κ2) is 7.56. The number of aryl methyl sites for hydroxylation is 1. The molecule has 0 amide bonds. The first-order valence-corrected chi connectivity index (χ1v) is 8.04. The summed E-state index contributed by atoms with van der Waals surface area (Å²) in [5.74, 6) is 0. The first-order chi connectivity index (χ1) is 9.28. The van der Waals surface area contributed by atoms with Crippen molar-refractivity contribution < 1.29 is 0 Å². The summed E-state index contributed by atoms with van der Waals surface area (Å²) in [4.78, 5) is 1.26. The van der Waals surface area contributed by atoms with Gasteiger partial charge in [-0.15, -0.1) is 11.3 Å². The van der Waals surface area contributed by atoms with Gasteiger partial charge in [0.15, 0.2) is 0 Å². The molecule has 2 aromatic rings. The van der Waals surface area contributed by atoms with Crippen LogP contribution in [0.5, 0.6) is 0 Å². The van der Waals surface area contributed by atoms with Crippen LogP contribution in [0.4, 0.5) is 5.69 Å². The van der Waals surface area contributed by atoms with Gasteiger partial charge in [0.25, 0.3) is 0 Å². The molecule has 1 aromatic carbocycles. The molecule has 0 saturated carbocycles. The number of thiophene rings is 1. The van der Waals surface area contributed by atoms with E-state index >= 15 is 0 Å². The molecule has 1 aromatic heterocycles. The van der Waals surface area contributed by atoms with Crippen LogP contribution in [0.25, 0.3) is 0 Å². The van der Waals surface area contributed by atoms with Crippen LogP contribution in [0, 0.1) is 0 Å². The fraction of sp³-hybridized carbons (Fsp3) is 0.375. The van der Waals surface area contributed by atoms with Gasteiger partial charge in [0.1, 0.15) is 0 Å². The zero-order valence-corrected chi connectivity index (χ0v) is 12.9. The fourth-order valence-corrected chi connectivity index (χ4v) is 3.03. The number of rotatable bonds is 7. The molecule has 0 aliphatic carbocycles. The summed E-state index contributed by atoms with van der Waals surface area (Å²) >= 11 is 7.54. The van der Waals surface area contributed by atoms with Gasteiger partial charge >= 0.3 is 0 Å². The van der Waals surface area contributed by atoms with Crippen LogP contribution < -0.4 is 5.32 Å². The van der Waals surface area contributed by atoms with Crippen molar-refractivity contribution in [3.05, 3.63) is 51.2 Å². The maximum Gasteiger partial charge on any atom is 0.0931 e. The van der Waals surface area contributed by atoms with E-state index in [-0.39, 0.29) is 0 Å². The Hall–Kier alpha value is -0.990. The molecular formula is C16H20ClNS. The highest BCUT2D eigenvalue weighted by Crippen LogP contribution is 2.22. The lowest BCUT2D eigenvalue weighted by atomic mass is 10.1. The van der Waals surface area contributed by atoms with Crippen LogP contribution in [0.1, 0.15) is 36.6 Å². The topological polar surface area (TPSA) is 12.0 Å². The highest BCUT2D eigenvalue weighted by atomic mass is 35.5. The van der Waals surface area contributed by atoms with E-state index in [9.17, 15) is 0 Å². The molecule has 0 aliphatic rings. The molecule has 102 valence electrons. The number of anilines is 1. The van der Waals surface area contributed by atoms with Crippen LogP contribution in [-0.4, -0.2) is 0 Å². The first-order valence-electron chi connectivity index (χ1n) is 6.85. The van der Waals surface area contributed by atoms with Crippen LogP contribution in [-0.2, 0) is 13.0 Å². The Morgan fingerprint density at radius 2 is 1.84 bits per heavy atom. The van der Waals surface area contributed by atoms with Crippen molar-refractivity contribution in [1.82, 2.24) is 0 Å². The molecule has 0 unspecified atom stereocenters. The van der Waals surface area contributed by atoms with Gasteiger partial charge in [-0.1, -0.05) is 43.5 Å². The summed E-state index contributed by atoms with van der Waals surface area (Å²) < 4.78 is 0.850. The lowest BCUT2D eigenvalue weighted by molar-refractivity contribution is 0.717. The molecule has 0 fully saturated rings. The minimum absolute atomic E-state index is 0.840. The van der Waals surface area contributed by atoms with Crippen molar-refractivity contribution in [2.45, 2.75) is 39.2 Å². The molecule has 1 N–H and O–H groups in total.